The fourth-order valence-corrected chi connectivity index (χ4v) is 2.72. The molecule has 1 N–H and O–H groups in total. The molecule has 106 valence electrons. The highest BCUT2D eigenvalue weighted by Gasteiger charge is 2.10. The van der Waals surface area contributed by atoms with E-state index in [0.717, 1.165) is 5.56 Å². The van der Waals surface area contributed by atoms with Gasteiger partial charge in [-0.1, -0.05) is 23.9 Å². The van der Waals surface area contributed by atoms with E-state index in [1.807, 2.05) is 13.3 Å². The number of thioether (sulfide) groups is 2. The zero-order valence-corrected chi connectivity index (χ0v) is 13.0. The van der Waals surface area contributed by atoms with Crippen molar-refractivity contribution in [1.82, 2.24) is 20.1 Å². The molecule has 0 fully saturated rings. The van der Waals surface area contributed by atoms with Crippen molar-refractivity contribution in [3.8, 4) is 0 Å². The predicted octanol–water partition coefficient (Wildman–Crippen LogP) is 2.28. The molecule has 0 aliphatic heterocycles. The third kappa shape index (κ3) is 4.28. The fourth-order valence-electron chi connectivity index (χ4n) is 1.60. The van der Waals surface area contributed by atoms with Crippen LogP contribution in [-0.4, -0.2) is 45.0 Å². The molecule has 2 rings (SSSR count). The number of hydrogen-bond acceptors (Lipinski definition) is 5. The maximum atomic E-state index is 12.0. The molecule has 1 aromatic heterocycles. The number of carbonyl (C=O) groups is 1. The number of H-pyrrole nitrogens is 1. The van der Waals surface area contributed by atoms with Gasteiger partial charge in [-0.05, 0) is 24.0 Å². The van der Waals surface area contributed by atoms with Crippen LogP contribution in [0.2, 0.25) is 0 Å². The van der Waals surface area contributed by atoms with E-state index in [9.17, 15) is 4.79 Å². The van der Waals surface area contributed by atoms with Crippen molar-refractivity contribution in [2.24, 2.45) is 0 Å². The molecule has 0 saturated heterocycles. The van der Waals surface area contributed by atoms with Crippen LogP contribution in [0.25, 0.3) is 0 Å². The molecular formula is C13H16N4OS2. The van der Waals surface area contributed by atoms with Crippen molar-refractivity contribution >= 4 is 29.4 Å². The molecule has 0 bridgehead atoms. The van der Waals surface area contributed by atoms with Crippen molar-refractivity contribution in [2.45, 2.75) is 16.6 Å². The first-order valence-electron chi connectivity index (χ1n) is 6.04. The van der Waals surface area contributed by atoms with Gasteiger partial charge in [0.1, 0.15) is 6.33 Å². The molecule has 5 nitrogen and oxygen atoms in total. The summed E-state index contributed by atoms with van der Waals surface area (Å²) in [7, 11) is 1.81. The number of aromatic amines is 1. The smallest absolute Gasteiger partial charge is 0.233 e. The van der Waals surface area contributed by atoms with Gasteiger partial charge in [0, 0.05) is 18.5 Å². The fraction of sp³-hybridized carbons (Fsp3) is 0.308. The quantitative estimate of drug-likeness (QED) is 0.830. The maximum Gasteiger partial charge on any atom is 0.233 e. The second kappa shape index (κ2) is 7.35. The minimum absolute atomic E-state index is 0.0698. The summed E-state index contributed by atoms with van der Waals surface area (Å²) in [5.74, 6) is 0.426. The van der Waals surface area contributed by atoms with E-state index in [4.69, 9.17) is 0 Å². The average molecular weight is 308 g/mol. The first kappa shape index (κ1) is 14.9. The summed E-state index contributed by atoms with van der Waals surface area (Å²) in [5.41, 5.74) is 1.13. The maximum absolute atomic E-state index is 12.0. The molecule has 0 saturated carbocycles. The van der Waals surface area contributed by atoms with Gasteiger partial charge >= 0.3 is 0 Å². The van der Waals surface area contributed by atoms with Crippen molar-refractivity contribution in [3.05, 3.63) is 36.2 Å². The van der Waals surface area contributed by atoms with Crippen LogP contribution in [0.4, 0.5) is 0 Å². The highest BCUT2D eigenvalue weighted by molar-refractivity contribution is 7.99. The van der Waals surface area contributed by atoms with E-state index in [0.29, 0.717) is 17.5 Å². The molecule has 20 heavy (non-hydrogen) atoms. The largest absolute Gasteiger partial charge is 0.341 e. The Balaban J connectivity index is 1.83. The monoisotopic (exact) mass is 308 g/mol. The Kier molecular flexibility index (Phi) is 5.49. The lowest BCUT2D eigenvalue weighted by Gasteiger charge is -2.16. The molecule has 1 aromatic carbocycles. The number of hydrogen-bond donors (Lipinski definition) is 1. The van der Waals surface area contributed by atoms with E-state index in [-0.39, 0.29) is 5.91 Å². The number of amides is 1. The Morgan fingerprint density at radius 3 is 2.70 bits per heavy atom. The van der Waals surface area contributed by atoms with E-state index in [1.54, 1.807) is 16.7 Å². The first-order valence-corrected chi connectivity index (χ1v) is 8.25. The molecule has 7 heteroatoms. The number of carbonyl (C=O) groups excluding carboxylic acids is 1. The average Bonchev–Trinajstić information content (AvgIpc) is 2.98. The topological polar surface area (TPSA) is 61.9 Å². The van der Waals surface area contributed by atoms with Gasteiger partial charge in [-0.2, -0.15) is 5.10 Å². The Bertz CT molecular complexity index is 542. The summed E-state index contributed by atoms with van der Waals surface area (Å²) in [5, 5.41) is 7.13. The lowest BCUT2D eigenvalue weighted by atomic mass is 10.2. The third-order valence-electron chi connectivity index (χ3n) is 2.73. The van der Waals surface area contributed by atoms with Gasteiger partial charge in [0.25, 0.3) is 0 Å². The van der Waals surface area contributed by atoms with Crippen LogP contribution >= 0.6 is 23.5 Å². The molecule has 0 aliphatic carbocycles. The molecule has 0 radical (unpaired) electrons. The predicted molar refractivity (Wildman–Crippen MR) is 81.8 cm³/mol. The minimum Gasteiger partial charge on any atom is -0.341 e. The van der Waals surface area contributed by atoms with Crippen LogP contribution in [0.3, 0.4) is 0 Å². The van der Waals surface area contributed by atoms with E-state index < -0.39 is 0 Å². The van der Waals surface area contributed by atoms with Crippen molar-refractivity contribution in [1.29, 1.82) is 0 Å². The van der Waals surface area contributed by atoms with E-state index in [1.165, 1.54) is 23.0 Å². The van der Waals surface area contributed by atoms with E-state index in [2.05, 4.69) is 39.4 Å². The van der Waals surface area contributed by atoms with Crippen LogP contribution in [0.15, 0.2) is 40.6 Å². The highest BCUT2D eigenvalue weighted by Crippen LogP contribution is 2.16. The molecule has 0 atom stereocenters. The zero-order valence-electron chi connectivity index (χ0n) is 11.4. The van der Waals surface area contributed by atoms with Gasteiger partial charge in [-0.25, -0.2) is 4.98 Å². The highest BCUT2D eigenvalue weighted by atomic mass is 32.2. The first-order chi connectivity index (χ1) is 9.69. The molecule has 0 aliphatic rings. The molecule has 0 spiro atoms. The van der Waals surface area contributed by atoms with Gasteiger partial charge in [0.05, 0.1) is 5.75 Å². The van der Waals surface area contributed by atoms with E-state index >= 15 is 0 Å². The molecular weight excluding hydrogens is 292 g/mol. The molecule has 1 amide bonds. The van der Waals surface area contributed by atoms with Crippen LogP contribution in [0, 0.1) is 0 Å². The van der Waals surface area contributed by atoms with Crippen LogP contribution in [-0.2, 0) is 11.3 Å². The minimum atomic E-state index is 0.0698. The number of nitrogens with one attached hydrogen (secondary N) is 1. The second-order valence-corrected chi connectivity index (χ2v) is 6.02. The lowest BCUT2D eigenvalue weighted by molar-refractivity contribution is -0.127. The Morgan fingerprint density at radius 2 is 2.10 bits per heavy atom. The summed E-state index contributed by atoms with van der Waals surface area (Å²) < 4.78 is 0. The van der Waals surface area contributed by atoms with Gasteiger partial charge in [-0.15, -0.1) is 11.8 Å². The third-order valence-corrected chi connectivity index (χ3v) is 4.33. The standard InChI is InChI=1S/C13H16N4OS2/c1-17(7-10-3-5-11(19-2)6-4-10)12(18)8-20-13-14-9-15-16-13/h3-6,9H,7-8H2,1-2H3,(H,14,15,16). The summed E-state index contributed by atoms with van der Waals surface area (Å²) >= 11 is 3.07. The van der Waals surface area contributed by atoms with Crippen molar-refractivity contribution in [3.63, 3.8) is 0 Å². The van der Waals surface area contributed by atoms with Gasteiger partial charge in [0.2, 0.25) is 5.91 Å². The Morgan fingerprint density at radius 1 is 1.35 bits per heavy atom. The van der Waals surface area contributed by atoms with Crippen LogP contribution in [0.5, 0.6) is 0 Å². The normalized spacial score (nSPS) is 10.5. The summed E-state index contributed by atoms with van der Waals surface area (Å²) in [4.78, 5) is 18.9. The van der Waals surface area contributed by atoms with Gasteiger partial charge in [0.15, 0.2) is 5.16 Å². The van der Waals surface area contributed by atoms with Crippen molar-refractivity contribution in [2.75, 3.05) is 19.1 Å². The summed E-state index contributed by atoms with van der Waals surface area (Å²) in [6.07, 6.45) is 3.48. The lowest BCUT2D eigenvalue weighted by Crippen LogP contribution is -2.27. The van der Waals surface area contributed by atoms with Gasteiger partial charge < -0.3 is 4.90 Å². The Labute approximate surface area is 126 Å². The van der Waals surface area contributed by atoms with Crippen LogP contribution in [0.1, 0.15) is 5.56 Å². The number of benzene rings is 1. The molecule has 1 heterocycles. The second-order valence-electron chi connectivity index (χ2n) is 4.18. The van der Waals surface area contributed by atoms with Crippen LogP contribution < -0.4 is 0 Å². The van der Waals surface area contributed by atoms with Crippen molar-refractivity contribution < 1.29 is 4.79 Å². The Hall–Kier alpha value is -1.47. The number of aromatic nitrogens is 3. The number of rotatable bonds is 6. The SMILES string of the molecule is CSc1ccc(CN(C)C(=O)CSc2ncn[nH]2)cc1. The summed E-state index contributed by atoms with van der Waals surface area (Å²) in [6.45, 7) is 0.616. The van der Waals surface area contributed by atoms with Gasteiger partial charge in [-0.3, -0.25) is 9.89 Å². The molecule has 0 unspecified atom stereocenters. The summed E-state index contributed by atoms with van der Waals surface area (Å²) in [6, 6.07) is 8.25. The zero-order chi connectivity index (χ0) is 14.4. The number of nitrogens with zero attached hydrogens (tertiary/aromatic N) is 3. The molecule has 2 aromatic rings.